The summed E-state index contributed by atoms with van der Waals surface area (Å²) in [7, 11) is 0. The lowest BCUT2D eigenvalue weighted by atomic mass is 10.1. The fourth-order valence-corrected chi connectivity index (χ4v) is 1.60. The molecule has 5 nitrogen and oxygen atoms in total. The number of aromatic nitrogens is 2. The van der Waals surface area contributed by atoms with Gasteiger partial charge in [-0.25, -0.2) is 0 Å². The van der Waals surface area contributed by atoms with Gasteiger partial charge in [0.05, 0.1) is 29.2 Å². The summed E-state index contributed by atoms with van der Waals surface area (Å²) in [5.74, 6) is -0.258. The summed E-state index contributed by atoms with van der Waals surface area (Å²) in [5.41, 5.74) is 7.89. The van der Waals surface area contributed by atoms with Crippen molar-refractivity contribution in [1.82, 2.24) is 9.97 Å². The Hall–Kier alpha value is -2.40. The van der Waals surface area contributed by atoms with Gasteiger partial charge in [-0.2, -0.15) is 0 Å². The van der Waals surface area contributed by atoms with Crippen LogP contribution in [0.4, 0.5) is 5.69 Å². The molecule has 0 aliphatic rings. The van der Waals surface area contributed by atoms with Crippen LogP contribution in [-0.4, -0.2) is 22.4 Å². The maximum absolute atomic E-state index is 7.49. The van der Waals surface area contributed by atoms with Crippen LogP contribution in [0.1, 0.15) is 17.3 Å². The van der Waals surface area contributed by atoms with Crippen LogP contribution in [-0.2, 0) is 6.54 Å². The molecule has 3 N–H and O–H groups in total. The van der Waals surface area contributed by atoms with Gasteiger partial charge in [-0.05, 0) is 24.3 Å². The van der Waals surface area contributed by atoms with Crippen molar-refractivity contribution in [2.45, 2.75) is 12.5 Å². The standard InChI is InChI=1S/C14H15N5/c15-7-11(9-18-13-4-2-6-17-10-13)14-5-1-3-12(8-16)19-14/h1-7,9-11,15H,8,16H2. The number of rotatable bonds is 5. The van der Waals surface area contributed by atoms with Crippen molar-refractivity contribution in [3.8, 4) is 0 Å². The summed E-state index contributed by atoms with van der Waals surface area (Å²) in [4.78, 5) is 12.7. The number of aliphatic imine (C=N–C) groups is 1. The minimum absolute atomic E-state index is 0.258. The molecule has 0 aliphatic carbocycles. The highest BCUT2D eigenvalue weighted by molar-refractivity contribution is 5.89. The fourth-order valence-electron chi connectivity index (χ4n) is 1.60. The molecule has 0 aromatic carbocycles. The second-order valence-corrected chi connectivity index (χ2v) is 3.94. The summed E-state index contributed by atoms with van der Waals surface area (Å²) < 4.78 is 0. The van der Waals surface area contributed by atoms with Gasteiger partial charge in [0.15, 0.2) is 0 Å². The Bertz CT molecular complexity index is 565. The summed E-state index contributed by atoms with van der Waals surface area (Å²) in [5, 5.41) is 7.49. The van der Waals surface area contributed by atoms with Gasteiger partial charge in [-0.1, -0.05) is 6.07 Å². The Balaban J connectivity index is 2.20. The molecule has 0 fully saturated rings. The molecule has 19 heavy (non-hydrogen) atoms. The lowest BCUT2D eigenvalue weighted by molar-refractivity contribution is 0.949. The highest BCUT2D eigenvalue weighted by atomic mass is 14.8. The smallest absolute Gasteiger partial charge is 0.0809 e. The molecule has 2 aromatic heterocycles. The van der Waals surface area contributed by atoms with Crippen LogP contribution in [0.5, 0.6) is 0 Å². The molecule has 2 rings (SSSR count). The summed E-state index contributed by atoms with van der Waals surface area (Å²) in [6.45, 7) is 0.387. The van der Waals surface area contributed by atoms with E-state index >= 15 is 0 Å². The van der Waals surface area contributed by atoms with Gasteiger partial charge in [0.2, 0.25) is 0 Å². The van der Waals surface area contributed by atoms with E-state index in [2.05, 4.69) is 15.0 Å². The maximum Gasteiger partial charge on any atom is 0.0809 e. The van der Waals surface area contributed by atoms with E-state index in [1.54, 1.807) is 18.6 Å². The predicted molar refractivity (Wildman–Crippen MR) is 76.0 cm³/mol. The molecule has 0 bridgehead atoms. The highest BCUT2D eigenvalue weighted by Gasteiger charge is 2.07. The lowest BCUT2D eigenvalue weighted by Crippen LogP contribution is -2.07. The molecule has 0 aliphatic heterocycles. The zero-order valence-electron chi connectivity index (χ0n) is 10.4. The van der Waals surface area contributed by atoms with E-state index in [-0.39, 0.29) is 5.92 Å². The first-order chi connectivity index (χ1) is 9.33. The Labute approximate surface area is 111 Å². The van der Waals surface area contributed by atoms with Gasteiger partial charge in [0, 0.05) is 25.2 Å². The molecule has 0 spiro atoms. The van der Waals surface area contributed by atoms with Crippen molar-refractivity contribution in [3.63, 3.8) is 0 Å². The number of pyridine rings is 2. The topological polar surface area (TPSA) is 88.0 Å². The highest BCUT2D eigenvalue weighted by Crippen LogP contribution is 2.13. The van der Waals surface area contributed by atoms with Gasteiger partial charge in [0.25, 0.3) is 0 Å². The lowest BCUT2D eigenvalue weighted by Gasteiger charge is -2.06. The van der Waals surface area contributed by atoms with Crippen LogP contribution >= 0.6 is 0 Å². The van der Waals surface area contributed by atoms with Crippen molar-refractivity contribution in [1.29, 1.82) is 5.41 Å². The SMILES string of the molecule is N=CC(C=Nc1cccnc1)c1cccc(CN)n1. The van der Waals surface area contributed by atoms with Crippen LogP contribution < -0.4 is 5.73 Å². The van der Waals surface area contributed by atoms with Crippen LogP contribution in [0.25, 0.3) is 0 Å². The Morgan fingerprint density at radius 1 is 1.32 bits per heavy atom. The van der Waals surface area contributed by atoms with E-state index < -0.39 is 0 Å². The maximum atomic E-state index is 7.49. The van der Waals surface area contributed by atoms with Gasteiger partial charge in [0.1, 0.15) is 0 Å². The summed E-state index contributed by atoms with van der Waals surface area (Å²) >= 11 is 0. The third-order valence-electron chi connectivity index (χ3n) is 2.59. The predicted octanol–water partition coefficient (Wildman–Crippen LogP) is 2.07. The fraction of sp³-hybridized carbons (Fsp3) is 0.143. The summed E-state index contributed by atoms with van der Waals surface area (Å²) in [6, 6.07) is 9.29. The average molecular weight is 253 g/mol. The first-order valence-electron chi connectivity index (χ1n) is 5.94. The average Bonchev–Trinajstić information content (AvgIpc) is 2.49. The van der Waals surface area contributed by atoms with E-state index in [4.69, 9.17) is 11.1 Å². The molecule has 0 saturated carbocycles. The van der Waals surface area contributed by atoms with Gasteiger partial charge < -0.3 is 11.1 Å². The number of hydrogen-bond donors (Lipinski definition) is 2. The first kappa shape index (κ1) is 13.0. The zero-order valence-corrected chi connectivity index (χ0v) is 10.4. The molecule has 5 heteroatoms. The van der Waals surface area contributed by atoms with Crippen molar-refractivity contribution in [2.75, 3.05) is 0 Å². The van der Waals surface area contributed by atoms with Gasteiger partial charge >= 0.3 is 0 Å². The Kier molecular flexibility index (Phi) is 4.47. The number of nitrogens with zero attached hydrogens (tertiary/aromatic N) is 3. The van der Waals surface area contributed by atoms with Crippen molar-refractivity contribution in [3.05, 3.63) is 54.1 Å². The van der Waals surface area contributed by atoms with Gasteiger partial charge in [-0.15, -0.1) is 0 Å². The molecule has 1 unspecified atom stereocenters. The second kappa shape index (κ2) is 6.51. The molecule has 96 valence electrons. The molecule has 0 saturated heterocycles. The largest absolute Gasteiger partial charge is 0.325 e. The second-order valence-electron chi connectivity index (χ2n) is 3.94. The minimum Gasteiger partial charge on any atom is -0.325 e. The normalized spacial score (nSPS) is 12.5. The monoisotopic (exact) mass is 253 g/mol. The van der Waals surface area contributed by atoms with E-state index in [1.807, 2.05) is 30.3 Å². The zero-order chi connectivity index (χ0) is 13.5. The van der Waals surface area contributed by atoms with Crippen molar-refractivity contribution >= 4 is 18.1 Å². The Morgan fingerprint density at radius 3 is 2.89 bits per heavy atom. The summed E-state index contributed by atoms with van der Waals surface area (Å²) in [6.07, 6.45) is 6.36. The molecular formula is C14H15N5. The molecule has 1 atom stereocenters. The van der Waals surface area contributed by atoms with Crippen molar-refractivity contribution in [2.24, 2.45) is 10.7 Å². The first-order valence-corrected chi connectivity index (χ1v) is 5.94. The third kappa shape index (κ3) is 3.53. The number of hydrogen-bond acceptors (Lipinski definition) is 5. The van der Waals surface area contributed by atoms with E-state index in [9.17, 15) is 0 Å². The molecule has 2 heterocycles. The minimum atomic E-state index is -0.258. The molecule has 0 amide bonds. The van der Waals surface area contributed by atoms with E-state index in [0.29, 0.717) is 6.54 Å². The number of nitrogens with two attached hydrogens (primary N) is 1. The van der Waals surface area contributed by atoms with Crippen LogP contribution in [0, 0.1) is 5.41 Å². The number of nitrogens with one attached hydrogen (secondary N) is 1. The van der Waals surface area contributed by atoms with E-state index in [0.717, 1.165) is 17.1 Å². The third-order valence-corrected chi connectivity index (χ3v) is 2.59. The van der Waals surface area contributed by atoms with Crippen LogP contribution in [0.15, 0.2) is 47.7 Å². The van der Waals surface area contributed by atoms with Gasteiger partial charge in [-0.3, -0.25) is 15.0 Å². The quantitative estimate of drug-likeness (QED) is 0.799. The van der Waals surface area contributed by atoms with E-state index in [1.165, 1.54) is 6.21 Å². The molecule has 2 aromatic rings. The molecular weight excluding hydrogens is 238 g/mol. The van der Waals surface area contributed by atoms with Crippen LogP contribution in [0.3, 0.4) is 0 Å². The molecule has 0 radical (unpaired) electrons. The Morgan fingerprint density at radius 2 is 2.21 bits per heavy atom. The van der Waals surface area contributed by atoms with Crippen LogP contribution in [0.2, 0.25) is 0 Å². The van der Waals surface area contributed by atoms with Crippen molar-refractivity contribution < 1.29 is 0 Å².